The number of carbonyl (C=O) groups is 1. The molecule has 7 nitrogen and oxygen atoms in total. The number of amides is 1. The summed E-state index contributed by atoms with van der Waals surface area (Å²) in [5, 5.41) is 9.09. The van der Waals surface area contributed by atoms with Gasteiger partial charge in [-0.05, 0) is 19.8 Å². The van der Waals surface area contributed by atoms with Gasteiger partial charge >= 0.3 is 0 Å². The van der Waals surface area contributed by atoms with Crippen molar-refractivity contribution >= 4 is 21.7 Å². The van der Waals surface area contributed by atoms with Crippen molar-refractivity contribution in [2.24, 2.45) is 4.99 Å². The predicted octanol–water partition coefficient (Wildman–Crippen LogP) is 0.815. The van der Waals surface area contributed by atoms with Gasteiger partial charge in [0.25, 0.3) is 0 Å². The topological polar surface area (TPSA) is 99.7 Å². The van der Waals surface area contributed by atoms with Crippen LogP contribution < -0.4 is 16.0 Å². The standard InChI is InChI=1S/C16H32N4O3S/c1-3-5-6-7-10-18-16(17-4-2)19-11-8-15(21)20-14-9-12-24(22,23)13-14/h14H,3-13H2,1-2H3,(H,20,21)(H2,17,18,19). The highest BCUT2D eigenvalue weighted by Crippen LogP contribution is 2.11. The molecule has 140 valence electrons. The highest BCUT2D eigenvalue weighted by molar-refractivity contribution is 7.91. The monoisotopic (exact) mass is 360 g/mol. The van der Waals surface area contributed by atoms with Gasteiger partial charge in [0.2, 0.25) is 5.91 Å². The molecule has 0 spiro atoms. The molecule has 1 fully saturated rings. The molecule has 0 aromatic rings. The van der Waals surface area contributed by atoms with E-state index in [2.05, 4.69) is 27.9 Å². The summed E-state index contributed by atoms with van der Waals surface area (Å²) in [5.74, 6) is 0.841. The summed E-state index contributed by atoms with van der Waals surface area (Å²) in [6.45, 7) is 6.21. The van der Waals surface area contributed by atoms with E-state index in [1.54, 1.807) is 0 Å². The van der Waals surface area contributed by atoms with Crippen molar-refractivity contribution in [3.63, 3.8) is 0 Å². The van der Waals surface area contributed by atoms with Gasteiger partial charge in [0, 0.05) is 32.1 Å². The van der Waals surface area contributed by atoms with Gasteiger partial charge in [0.05, 0.1) is 11.5 Å². The SMILES string of the molecule is CCCCCCN=C(NCC)NCCC(=O)NC1CCS(=O)(=O)C1. The number of aliphatic imine (C=N–C) groups is 1. The zero-order valence-electron chi connectivity index (χ0n) is 14.9. The number of nitrogens with one attached hydrogen (secondary N) is 3. The van der Waals surface area contributed by atoms with Crippen LogP contribution >= 0.6 is 0 Å². The fraction of sp³-hybridized carbons (Fsp3) is 0.875. The van der Waals surface area contributed by atoms with Crippen molar-refractivity contribution < 1.29 is 13.2 Å². The van der Waals surface area contributed by atoms with E-state index in [9.17, 15) is 13.2 Å². The summed E-state index contributed by atoms with van der Waals surface area (Å²) >= 11 is 0. The molecule has 1 atom stereocenters. The Morgan fingerprint density at radius 1 is 1.17 bits per heavy atom. The maximum Gasteiger partial charge on any atom is 0.222 e. The Bertz CT molecular complexity index is 505. The number of carbonyl (C=O) groups excluding carboxylic acids is 1. The Morgan fingerprint density at radius 2 is 1.96 bits per heavy atom. The minimum Gasteiger partial charge on any atom is -0.357 e. The van der Waals surface area contributed by atoms with Crippen LogP contribution in [0.15, 0.2) is 4.99 Å². The van der Waals surface area contributed by atoms with Crippen molar-refractivity contribution in [3.8, 4) is 0 Å². The lowest BCUT2D eigenvalue weighted by Gasteiger charge is -2.13. The van der Waals surface area contributed by atoms with E-state index < -0.39 is 9.84 Å². The van der Waals surface area contributed by atoms with E-state index in [0.717, 1.165) is 25.5 Å². The summed E-state index contributed by atoms with van der Waals surface area (Å²) in [6.07, 6.45) is 5.52. The molecule has 1 unspecified atom stereocenters. The Labute approximate surface area is 146 Å². The fourth-order valence-electron chi connectivity index (χ4n) is 2.57. The number of hydrogen-bond acceptors (Lipinski definition) is 4. The molecule has 3 N–H and O–H groups in total. The molecule has 0 radical (unpaired) electrons. The fourth-order valence-corrected chi connectivity index (χ4v) is 4.25. The highest BCUT2D eigenvalue weighted by atomic mass is 32.2. The smallest absolute Gasteiger partial charge is 0.222 e. The third-order valence-electron chi connectivity index (χ3n) is 3.87. The number of sulfone groups is 1. The maximum atomic E-state index is 11.9. The highest BCUT2D eigenvalue weighted by Gasteiger charge is 2.28. The number of guanidine groups is 1. The first kappa shape index (κ1) is 20.7. The van der Waals surface area contributed by atoms with E-state index in [1.807, 2.05) is 6.92 Å². The molecule has 0 aromatic heterocycles. The normalized spacial score (nSPS) is 19.9. The Balaban J connectivity index is 2.23. The summed E-state index contributed by atoms with van der Waals surface area (Å²) in [7, 11) is -2.96. The van der Waals surface area contributed by atoms with Gasteiger partial charge in [-0.1, -0.05) is 26.2 Å². The third-order valence-corrected chi connectivity index (χ3v) is 5.64. The van der Waals surface area contributed by atoms with Gasteiger partial charge in [0.1, 0.15) is 0 Å². The van der Waals surface area contributed by atoms with Crippen molar-refractivity contribution in [2.45, 2.75) is 58.4 Å². The molecule has 1 aliphatic heterocycles. The second-order valence-electron chi connectivity index (χ2n) is 6.17. The Morgan fingerprint density at radius 3 is 2.58 bits per heavy atom. The molecule has 1 amide bonds. The number of rotatable bonds is 10. The molecule has 1 aliphatic rings. The largest absolute Gasteiger partial charge is 0.357 e. The van der Waals surface area contributed by atoms with Gasteiger partial charge in [-0.3, -0.25) is 9.79 Å². The molecule has 0 saturated carbocycles. The van der Waals surface area contributed by atoms with E-state index in [4.69, 9.17) is 0 Å². The number of unbranched alkanes of at least 4 members (excludes halogenated alkanes) is 3. The Kier molecular flexibility index (Phi) is 9.75. The van der Waals surface area contributed by atoms with E-state index >= 15 is 0 Å². The van der Waals surface area contributed by atoms with Crippen LogP contribution in [-0.4, -0.2) is 57.5 Å². The molecule has 8 heteroatoms. The van der Waals surface area contributed by atoms with Crippen LogP contribution in [0.4, 0.5) is 0 Å². The van der Waals surface area contributed by atoms with Crippen LogP contribution in [0.3, 0.4) is 0 Å². The molecule has 0 bridgehead atoms. The van der Waals surface area contributed by atoms with Crippen molar-refractivity contribution in [2.75, 3.05) is 31.1 Å². The third kappa shape index (κ3) is 9.10. The first-order valence-electron chi connectivity index (χ1n) is 8.98. The molecule has 1 rings (SSSR count). The van der Waals surface area contributed by atoms with E-state index in [0.29, 0.717) is 19.4 Å². The minimum atomic E-state index is -2.96. The average molecular weight is 361 g/mol. The van der Waals surface area contributed by atoms with Gasteiger partial charge in [-0.25, -0.2) is 8.42 Å². The van der Waals surface area contributed by atoms with Crippen LogP contribution in [0.25, 0.3) is 0 Å². The molecule has 24 heavy (non-hydrogen) atoms. The molecular weight excluding hydrogens is 328 g/mol. The maximum absolute atomic E-state index is 11.9. The molecule has 1 heterocycles. The molecule has 0 aromatic carbocycles. The van der Waals surface area contributed by atoms with Crippen LogP contribution in [0.2, 0.25) is 0 Å². The van der Waals surface area contributed by atoms with E-state index in [-0.39, 0.29) is 23.5 Å². The lowest BCUT2D eigenvalue weighted by Crippen LogP contribution is -2.41. The summed E-state index contributed by atoms with van der Waals surface area (Å²) in [5.41, 5.74) is 0. The number of hydrogen-bond donors (Lipinski definition) is 3. The second kappa shape index (κ2) is 11.3. The lowest BCUT2D eigenvalue weighted by molar-refractivity contribution is -0.121. The average Bonchev–Trinajstić information content (AvgIpc) is 2.85. The zero-order valence-corrected chi connectivity index (χ0v) is 15.8. The van der Waals surface area contributed by atoms with E-state index in [1.165, 1.54) is 19.3 Å². The molecule has 0 aliphatic carbocycles. The molecule has 1 saturated heterocycles. The summed E-state index contributed by atoms with van der Waals surface area (Å²) in [4.78, 5) is 16.4. The van der Waals surface area contributed by atoms with Gasteiger partial charge in [-0.15, -0.1) is 0 Å². The predicted molar refractivity (Wildman–Crippen MR) is 97.9 cm³/mol. The quantitative estimate of drug-likeness (QED) is 0.304. The first-order chi connectivity index (χ1) is 11.5. The minimum absolute atomic E-state index is 0.0635. The first-order valence-corrected chi connectivity index (χ1v) is 10.8. The number of nitrogens with zero attached hydrogens (tertiary/aromatic N) is 1. The van der Waals surface area contributed by atoms with Gasteiger partial charge in [0.15, 0.2) is 15.8 Å². The van der Waals surface area contributed by atoms with Crippen LogP contribution in [0, 0.1) is 0 Å². The van der Waals surface area contributed by atoms with Crippen LogP contribution in [0.1, 0.15) is 52.4 Å². The van der Waals surface area contributed by atoms with Gasteiger partial charge in [-0.2, -0.15) is 0 Å². The van der Waals surface area contributed by atoms with Crippen molar-refractivity contribution in [3.05, 3.63) is 0 Å². The second-order valence-corrected chi connectivity index (χ2v) is 8.39. The van der Waals surface area contributed by atoms with Crippen molar-refractivity contribution in [1.29, 1.82) is 0 Å². The lowest BCUT2D eigenvalue weighted by atomic mass is 10.2. The van der Waals surface area contributed by atoms with Gasteiger partial charge < -0.3 is 16.0 Å². The molecular formula is C16H32N4O3S. The zero-order chi connectivity index (χ0) is 17.8. The van der Waals surface area contributed by atoms with Crippen LogP contribution in [0.5, 0.6) is 0 Å². The Hall–Kier alpha value is -1.31. The summed E-state index contributed by atoms with van der Waals surface area (Å²) < 4.78 is 22.8. The van der Waals surface area contributed by atoms with Crippen LogP contribution in [-0.2, 0) is 14.6 Å². The summed E-state index contributed by atoms with van der Waals surface area (Å²) in [6, 6.07) is -0.233. The van der Waals surface area contributed by atoms with Crippen molar-refractivity contribution in [1.82, 2.24) is 16.0 Å².